The lowest BCUT2D eigenvalue weighted by Crippen LogP contribution is -2.27. The summed E-state index contributed by atoms with van der Waals surface area (Å²) in [4.78, 5) is 8.98. The molecule has 0 saturated carbocycles. The number of aromatic nitrogens is 2. The third-order valence-electron chi connectivity index (χ3n) is 2.97. The van der Waals surface area contributed by atoms with Crippen LogP contribution in [0.2, 0.25) is 0 Å². The highest BCUT2D eigenvalue weighted by Gasteiger charge is 2.16. The van der Waals surface area contributed by atoms with Crippen LogP contribution in [0.1, 0.15) is 35.8 Å². The predicted octanol–water partition coefficient (Wildman–Crippen LogP) is 1.56. The van der Waals surface area contributed by atoms with Crippen LogP contribution in [-0.4, -0.2) is 23.1 Å². The zero-order valence-corrected chi connectivity index (χ0v) is 8.88. The number of piperidine rings is 1. The average molecular weight is 191 g/mol. The van der Waals surface area contributed by atoms with Crippen molar-refractivity contribution < 1.29 is 0 Å². The molecule has 2 rings (SSSR count). The maximum atomic E-state index is 4.61. The molecule has 2 heterocycles. The summed E-state index contributed by atoms with van der Waals surface area (Å²) in [7, 11) is 0. The zero-order valence-electron chi connectivity index (χ0n) is 8.88. The quantitative estimate of drug-likeness (QED) is 0.732. The minimum Gasteiger partial charge on any atom is -0.317 e. The second kappa shape index (κ2) is 4.05. The second-order valence-corrected chi connectivity index (χ2v) is 3.99. The molecule has 76 valence electrons. The average Bonchev–Trinajstić information content (AvgIpc) is 2.23. The fourth-order valence-electron chi connectivity index (χ4n) is 1.87. The summed E-state index contributed by atoms with van der Waals surface area (Å²) in [6, 6.07) is 0. The van der Waals surface area contributed by atoms with Gasteiger partial charge in [-0.2, -0.15) is 0 Å². The highest BCUT2D eigenvalue weighted by Crippen LogP contribution is 2.23. The molecule has 0 aromatic carbocycles. The molecule has 1 N–H and O–H groups in total. The largest absolute Gasteiger partial charge is 0.317 e. The van der Waals surface area contributed by atoms with Crippen molar-refractivity contribution in [2.45, 2.75) is 32.6 Å². The van der Waals surface area contributed by atoms with Crippen molar-refractivity contribution in [2.24, 2.45) is 0 Å². The Morgan fingerprint density at radius 3 is 2.57 bits per heavy atom. The maximum absolute atomic E-state index is 4.61. The van der Waals surface area contributed by atoms with E-state index in [1.807, 2.05) is 20.0 Å². The molecule has 1 aliphatic rings. The van der Waals surface area contributed by atoms with Gasteiger partial charge in [-0.1, -0.05) is 0 Å². The molecule has 1 fully saturated rings. The van der Waals surface area contributed by atoms with Crippen LogP contribution in [0.15, 0.2) is 6.20 Å². The standard InChI is InChI=1S/C11H17N3/c1-8-9(2)14-11(7-13-8)10-3-5-12-6-4-10/h7,10,12H,3-6H2,1-2H3. The van der Waals surface area contributed by atoms with Gasteiger partial charge in [-0.3, -0.25) is 9.97 Å². The van der Waals surface area contributed by atoms with Crippen LogP contribution >= 0.6 is 0 Å². The zero-order chi connectivity index (χ0) is 9.97. The maximum Gasteiger partial charge on any atom is 0.0621 e. The highest BCUT2D eigenvalue weighted by atomic mass is 14.9. The third-order valence-corrected chi connectivity index (χ3v) is 2.97. The molecule has 3 nitrogen and oxygen atoms in total. The monoisotopic (exact) mass is 191 g/mol. The summed E-state index contributed by atoms with van der Waals surface area (Å²) >= 11 is 0. The molecule has 0 spiro atoms. The van der Waals surface area contributed by atoms with Crippen LogP contribution in [0.5, 0.6) is 0 Å². The Labute approximate surface area is 85.0 Å². The lowest BCUT2D eigenvalue weighted by atomic mass is 9.95. The van der Waals surface area contributed by atoms with Crippen molar-refractivity contribution in [2.75, 3.05) is 13.1 Å². The second-order valence-electron chi connectivity index (χ2n) is 3.99. The Bertz CT molecular complexity index is 316. The van der Waals surface area contributed by atoms with E-state index < -0.39 is 0 Å². The molecule has 14 heavy (non-hydrogen) atoms. The van der Waals surface area contributed by atoms with E-state index in [1.54, 1.807) is 0 Å². The number of rotatable bonds is 1. The fraction of sp³-hybridized carbons (Fsp3) is 0.636. The Morgan fingerprint density at radius 1 is 1.21 bits per heavy atom. The summed E-state index contributed by atoms with van der Waals surface area (Å²) in [5.74, 6) is 0.614. The van der Waals surface area contributed by atoms with Crippen molar-refractivity contribution >= 4 is 0 Å². The molecule has 0 aliphatic carbocycles. The van der Waals surface area contributed by atoms with Gasteiger partial charge in [-0.05, 0) is 39.8 Å². The smallest absolute Gasteiger partial charge is 0.0621 e. The third kappa shape index (κ3) is 1.93. The molecule has 0 unspecified atom stereocenters. The van der Waals surface area contributed by atoms with Crippen molar-refractivity contribution in [3.05, 3.63) is 23.3 Å². The number of nitrogens with one attached hydrogen (secondary N) is 1. The van der Waals surface area contributed by atoms with E-state index in [1.165, 1.54) is 18.5 Å². The van der Waals surface area contributed by atoms with Crippen LogP contribution < -0.4 is 5.32 Å². The van der Waals surface area contributed by atoms with Crippen LogP contribution in [-0.2, 0) is 0 Å². The molecular weight excluding hydrogens is 174 g/mol. The van der Waals surface area contributed by atoms with Crippen molar-refractivity contribution in [1.82, 2.24) is 15.3 Å². The lowest BCUT2D eigenvalue weighted by molar-refractivity contribution is 0.451. The van der Waals surface area contributed by atoms with E-state index in [9.17, 15) is 0 Å². The molecule has 1 aromatic heterocycles. The minimum absolute atomic E-state index is 0.614. The molecule has 1 aliphatic heterocycles. The van der Waals surface area contributed by atoms with Gasteiger partial charge in [0.2, 0.25) is 0 Å². The van der Waals surface area contributed by atoms with E-state index >= 15 is 0 Å². The number of aryl methyl sites for hydroxylation is 2. The van der Waals surface area contributed by atoms with Crippen molar-refractivity contribution in [3.8, 4) is 0 Å². The van der Waals surface area contributed by atoms with Gasteiger partial charge in [0.25, 0.3) is 0 Å². The van der Waals surface area contributed by atoms with Gasteiger partial charge in [0, 0.05) is 12.1 Å². The van der Waals surface area contributed by atoms with Gasteiger partial charge < -0.3 is 5.32 Å². The van der Waals surface area contributed by atoms with E-state index in [-0.39, 0.29) is 0 Å². The molecular formula is C11H17N3. The van der Waals surface area contributed by atoms with Crippen LogP contribution in [0.25, 0.3) is 0 Å². The van der Waals surface area contributed by atoms with Crippen LogP contribution in [0.4, 0.5) is 0 Å². The summed E-state index contributed by atoms with van der Waals surface area (Å²) in [5, 5.41) is 3.36. The number of hydrogen-bond acceptors (Lipinski definition) is 3. The van der Waals surface area contributed by atoms with E-state index in [4.69, 9.17) is 0 Å². The van der Waals surface area contributed by atoms with E-state index in [0.717, 1.165) is 24.5 Å². The fourth-order valence-corrected chi connectivity index (χ4v) is 1.87. The van der Waals surface area contributed by atoms with Crippen molar-refractivity contribution in [1.29, 1.82) is 0 Å². The van der Waals surface area contributed by atoms with Gasteiger partial charge in [-0.15, -0.1) is 0 Å². The van der Waals surface area contributed by atoms with Crippen LogP contribution in [0, 0.1) is 13.8 Å². The summed E-state index contributed by atoms with van der Waals surface area (Å²) in [6.07, 6.45) is 4.33. The van der Waals surface area contributed by atoms with Crippen molar-refractivity contribution in [3.63, 3.8) is 0 Å². The van der Waals surface area contributed by atoms with Crippen LogP contribution in [0.3, 0.4) is 0 Å². The minimum atomic E-state index is 0.614. The summed E-state index contributed by atoms with van der Waals surface area (Å²) in [5.41, 5.74) is 3.29. The Kier molecular flexibility index (Phi) is 2.77. The molecule has 0 atom stereocenters. The summed E-state index contributed by atoms with van der Waals surface area (Å²) < 4.78 is 0. The Hall–Kier alpha value is -0.960. The molecule has 3 heteroatoms. The highest BCUT2D eigenvalue weighted by molar-refractivity contribution is 5.14. The molecule has 1 saturated heterocycles. The summed E-state index contributed by atoms with van der Waals surface area (Å²) in [6.45, 7) is 6.26. The SMILES string of the molecule is Cc1ncc(C2CCNCC2)nc1C. The normalized spacial score (nSPS) is 18.4. The Morgan fingerprint density at radius 2 is 1.93 bits per heavy atom. The van der Waals surface area contributed by atoms with Gasteiger partial charge in [0.15, 0.2) is 0 Å². The van der Waals surface area contributed by atoms with Gasteiger partial charge in [0.1, 0.15) is 0 Å². The first-order valence-electron chi connectivity index (χ1n) is 5.28. The molecule has 0 amide bonds. The number of hydrogen-bond donors (Lipinski definition) is 1. The predicted molar refractivity (Wildman–Crippen MR) is 56.4 cm³/mol. The Balaban J connectivity index is 2.18. The van der Waals surface area contributed by atoms with Gasteiger partial charge in [-0.25, -0.2) is 0 Å². The first kappa shape index (κ1) is 9.59. The lowest BCUT2D eigenvalue weighted by Gasteiger charge is -2.22. The first-order chi connectivity index (χ1) is 6.77. The molecule has 0 bridgehead atoms. The molecule has 1 aromatic rings. The van der Waals surface area contributed by atoms with Gasteiger partial charge >= 0.3 is 0 Å². The first-order valence-corrected chi connectivity index (χ1v) is 5.28. The van der Waals surface area contributed by atoms with Gasteiger partial charge in [0.05, 0.1) is 17.1 Å². The topological polar surface area (TPSA) is 37.8 Å². The van der Waals surface area contributed by atoms with E-state index in [2.05, 4.69) is 15.3 Å². The molecule has 0 radical (unpaired) electrons. The van der Waals surface area contributed by atoms with E-state index in [0.29, 0.717) is 5.92 Å². The number of nitrogens with zero attached hydrogens (tertiary/aromatic N) is 2.